The maximum Gasteiger partial charge on any atom is 0.416 e. The van der Waals surface area contributed by atoms with E-state index in [-0.39, 0.29) is 23.3 Å². The SMILES string of the molecule is Oc1cc2c(c(SCc3cc(C(F)(F)F)cc(C(F)(F)F)c3)n1)CCCC2. The molecule has 1 aromatic heterocycles. The first kappa shape index (κ1) is 19.9. The molecule has 0 spiro atoms. The van der Waals surface area contributed by atoms with Gasteiger partial charge < -0.3 is 5.11 Å². The molecule has 9 heteroatoms. The molecule has 1 aliphatic carbocycles. The fourth-order valence-electron chi connectivity index (χ4n) is 3.07. The molecular formula is C18H15F6NOS. The molecule has 0 aliphatic heterocycles. The average molecular weight is 407 g/mol. The number of halogens is 6. The Bertz CT molecular complexity index is 815. The van der Waals surface area contributed by atoms with Gasteiger partial charge in [-0.05, 0) is 60.6 Å². The first-order valence-corrected chi connectivity index (χ1v) is 9.15. The van der Waals surface area contributed by atoms with E-state index in [1.54, 1.807) is 6.07 Å². The second kappa shape index (κ2) is 7.26. The van der Waals surface area contributed by atoms with Gasteiger partial charge in [0.15, 0.2) is 0 Å². The highest BCUT2D eigenvalue weighted by Crippen LogP contribution is 2.38. The lowest BCUT2D eigenvalue weighted by Crippen LogP contribution is -2.11. The number of hydrogen-bond donors (Lipinski definition) is 1. The molecule has 0 amide bonds. The van der Waals surface area contributed by atoms with Gasteiger partial charge in [-0.15, -0.1) is 11.8 Å². The Balaban J connectivity index is 1.91. The van der Waals surface area contributed by atoms with Gasteiger partial charge in [-0.25, -0.2) is 4.98 Å². The molecule has 0 bridgehead atoms. The molecule has 1 aliphatic rings. The molecule has 0 atom stereocenters. The molecule has 3 rings (SSSR count). The summed E-state index contributed by atoms with van der Waals surface area (Å²) in [6.07, 6.45) is -6.37. The summed E-state index contributed by atoms with van der Waals surface area (Å²) < 4.78 is 77.7. The molecule has 1 N–H and O–H groups in total. The van der Waals surface area contributed by atoms with Gasteiger partial charge in [0.1, 0.15) is 5.03 Å². The number of alkyl halides is 6. The zero-order valence-corrected chi connectivity index (χ0v) is 14.7. The normalized spacial score (nSPS) is 14.9. The lowest BCUT2D eigenvalue weighted by molar-refractivity contribution is -0.143. The van der Waals surface area contributed by atoms with Crippen molar-refractivity contribution in [3.05, 3.63) is 52.1 Å². The molecule has 1 aromatic carbocycles. The number of aryl methyl sites for hydroxylation is 1. The fraction of sp³-hybridized carbons (Fsp3) is 0.389. The number of benzene rings is 1. The highest BCUT2D eigenvalue weighted by molar-refractivity contribution is 7.98. The summed E-state index contributed by atoms with van der Waals surface area (Å²) >= 11 is 1.04. The summed E-state index contributed by atoms with van der Waals surface area (Å²) in [6, 6.07) is 3.11. The molecule has 0 saturated heterocycles. The molecule has 0 fully saturated rings. The number of pyridine rings is 1. The van der Waals surface area contributed by atoms with E-state index in [0.717, 1.165) is 60.7 Å². The van der Waals surface area contributed by atoms with E-state index in [2.05, 4.69) is 4.98 Å². The summed E-state index contributed by atoms with van der Waals surface area (Å²) in [5.74, 6) is -0.311. The second-order valence-electron chi connectivity index (χ2n) is 6.33. The molecule has 2 nitrogen and oxygen atoms in total. The topological polar surface area (TPSA) is 33.1 Å². The van der Waals surface area contributed by atoms with Gasteiger partial charge in [-0.2, -0.15) is 26.3 Å². The zero-order chi connectivity index (χ0) is 19.8. The predicted molar refractivity (Wildman–Crippen MR) is 88.6 cm³/mol. The minimum absolute atomic E-state index is 0.100. The van der Waals surface area contributed by atoms with Crippen LogP contribution in [0.1, 0.15) is 40.7 Å². The van der Waals surface area contributed by atoms with E-state index in [1.807, 2.05) is 0 Å². The summed E-state index contributed by atoms with van der Waals surface area (Å²) in [7, 11) is 0. The number of thioether (sulfide) groups is 1. The number of hydrogen-bond acceptors (Lipinski definition) is 3. The minimum atomic E-state index is -4.87. The van der Waals surface area contributed by atoms with Crippen LogP contribution in [0.4, 0.5) is 26.3 Å². The average Bonchev–Trinajstić information content (AvgIpc) is 2.57. The third-order valence-corrected chi connectivity index (χ3v) is 5.40. The third-order valence-electron chi connectivity index (χ3n) is 4.31. The van der Waals surface area contributed by atoms with Crippen LogP contribution in [0.15, 0.2) is 29.3 Å². The van der Waals surface area contributed by atoms with Crippen molar-refractivity contribution in [3.8, 4) is 5.88 Å². The summed E-state index contributed by atoms with van der Waals surface area (Å²) in [6.45, 7) is 0. The van der Waals surface area contributed by atoms with Gasteiger partial charge in [0.05, 0.1) is 11.1 Å². The van der Waals surface area contributed by atoms with E-state index < -0.39 is 23.5 Å². The van der Waals surface area contributed by atoms with Crippen molar-refractivity contribution in [1.29, 1.82) is 0 Å². The summed E-state index contributed by atoms with van der Waals surface area (Å²) in [5.41, 5.74) is -0.933. The Labute approximate surface area is 155 Å². The van der Waals surface area contributed by atoms with Crippen molar-refractivity contribution >= 4 is 11.8 Å². The van der Waals surface area contributed by atoms with E-state index in [1.165, 1.54) is 0 Å². The van der Waals surface area contributed by atoms with Crippen LogP contribution in [-0.2, 0) is 30.9 Å². The van der Waals surface area contributed by atoms with Crippen LogP contribution >= 0.6 is 11.8 Å². The molecule has 1 heterocycles. The third kappa shape index (κ3) is 4.69. The molecule has 2 aromatic rings. The van der Waals surface area contributed by atoms with Crippen LogP contribution in [0.5, 0.6) is 5.88 Å². The standard InChI is InChI=1S/C18H15F6NOS/c19-17(20,21)12-5-10(6-13(8-12)18(22,23)24)9-27-16-14-4-2-1-3-11(14)7-15(26)25-16/h5-8H,1-4,9H2,(H,25,26). The molecule has 0 saturated carbocycles. The molecule has 0 unspecified atom stereocenters. The summed E-state index contributed by atoms with van der Waals surface area (Å²) in [4.78, 5) is 4.02. The minimum Gasteiger partial charge on any atom is -0.493 e. The Kier molecular flexibility index (Phi) is 5.33. The van der Waals surface area contributed by atoms with Crippen LogP contribution in [0.25, 0.3) is 0 Å². The Hall–Kier alpha value is -1.90. The largest absolute Gasteiger partial charge is 0.493 e. The number of aromatic hydroxyl groups is 1. The lowest BCUT2D eigenvalue weighted by atomic mass is 9.93. The van der Waals surface area contributed by atoms with Crippen molar-refractivity contribution in [2.24, 2.45) is 0 Å². The molecule has 0 radical (unpaired) electrons. The van der Waals surface area contributed by atoms with Crippen molar-refractivity contribution in [2.45, 2.75) is 48.8 Å². The number of aromatic nitrogens is 1. The van der Waals surface area contributed by atoms with Crippen molar-refractivity contribution in [3.63, 3.8) is 0 Å². The van der Waals surface area contributed by atoms with E-state index in [4.69, 9.17) is 0 Å². The predicted octanol–water partition coefficient (Wildman–Crippen LogP) is 6.00. The smallest absolute Gasteiger partial charge is 0.416 e. The van der Waals surface area contributed by atoms with E-state index in [9.17, 15) is 31.4 Å². The fourth-order valence-corrected chi connectivity index (χ4v) is 4.10. The Morgan fingerprint density at radius 3 is 2.07 bits per heavy atom. The van der Waals surface area contributed by atoms with E-state index >= 15 is 0 Å². The van der Waals surface area contributed by atoms with Crippen molar-refractivity contribution < 1.29 is 31.4 Å². The highest BCUT2D eigenvalue weighted by Gasteiger charge is 2.36. The first-order valence-electron chi connectivity index (χ1n) is 8.17. The molecular weight excluding hydrogens is 392 g/mol. The maximum absolute atomic E-state index is 13.0. The Morgan fingerprint density at radius 1 is 0.889 bits per heavy atom. The first-order chi connectivity index (χ1) is 12.5. The number of nitrogens with zero attached hydrogens (tertiary/aromatic N) is 1. The zero-order valence-electron chi connectivity index (χ0n) is 13.9. The van der Waals surface area contributed by atoms with Crippen LogP contribution in [0.3, 0.4) is 0 Å². The lowest BCUT2D eigenvalue weighted by Gasteiger charge is -2.19. The second-order valence-corrected chi connectivity index (χ2v) is 7.30. The van der Waals surface area contributed by atoms with Gasteiger partial charge >= 0.3 is 12.4 Å². The highest BCUT2D eigenvalue weighted by atomic mass is 32.2. The van der Waals surface area contributed by atoms with Gasteiger partial charge in [-0.3, -0.25) is 0 Å². The quantitative estimate of drug-likeness (QED) is 0.501. The Morgan fingerprint density at radius 2 is 1.48 bits per heavy atom. The van der Waals surface area contributed by atoms with Gasteiger partial charge in [0.25, 0.3) is 0 Å². The van der Waals surface area contributed by atoms with Crippen LogP contribution in [0.2, 0.25) is 0 Å². The number of fused-ring (bicyclic) bond motifs is 1. The van der Waals surface area contributed by atoms with Crippen LogP contribution in [-0.4, -0.2) is 10.1 Å². The molecule has 27 heavy (non-hydrogen) atoms. The molecule has 146 valence electrons. The van der Waals surface area contributed by atoms with Gasteiger partial charge in [0, 0.05) is 11.8 Å². The summed E-state index contributed by atoms with van der Waals surface area (Å²) in [5, 5.41) is 10.2. The van der Waals surface area contributed by atoms with Gasteiger partial charge in [-0.1, -0.05) is 0 Å². The van der Waals surface area contributed by atoms with Crippen molar-refractivity contribution in [1.82, 2.24) is 4.98 Å². The maximum atomic E-state index is 13.0. The monoisotopic (exact) mass is 407 g/mol. The van der Waals surface area contributed by atoms with Gasteiger partial charge in [0.2, 0.25) is 5.88 Å². The van der Waals surface area contributed by atoms with E-state index in [0.29, 0.717) is 5.03 Å². The van der Waals surface area contributed by atoms with Crippen LogP contribution < -0.4 is 0 Å². The number of rotatable bonds is 3. The van der Waals surface area contributed by atoms with Crippen molar-refractivity contribution in [2.75, 3.05) is 0 Å². The van der Waals surface area contributed by atoms with Crippen LogP contribution in [0, 0.1) is 0 Å².